The lowest BCUT2D eigenvalue weighted by Crippen LogP contribution is -2.51. The van der Waals surface area contributed by atoms with Gasteiger partial charge in [-0.3, -0.25) is 15.0 Å². The van der Waals surface area contributed by atoms with Crippen LogP contribution >= 0.6 is 0 Å². The summed E-state index contributed by atoms with van der Waals surface area (Å²) in [5, 5.41) is 0. The van der Waals surface area contributed by atoms with E-state index in [1.54, 1.807) is 12.1 Å². The van der Waals surface area contributed by atoms with E-state index in [2.05, 4.69) is 15.9 Å². The molecule has 2 aromatic rings. The second-order valence-corrected chi connectivity index (χ2v) is 11.8. The van der Waals surface area contributed by atoms with Crippen molar-refractivity contribution in [3.63, 3.8) is 0 Å². The summed E-state index contributed by atoms with van der Waals surface area (Å²) in [6.07, 6.45) is 8.65. The van der Waals surface area contributed by atoms with Crippen molar-refractivity contribution in [3.8, 4) is 0 Å². The first kappa shape index (κ1) is 30.3. The number of rotatable bonds is 13. The topological polar surface area (TPSA) is 127 Å². The molecule has 1 aliphatic rings. The minimum Gasteiger partial charge on any atom is -0.350 e. The van der Waals surface area contributed by atoms with Crippen LogP contribution in [0.5, 0.6) is 0 Å². The third-order valence-corrected chi connectivity index (χ3v) is 7.16. The number of hydrogen-bond acceptors (Lipinski definition) is 7. The Hall–Kier alpha value is -3.28. The zero-order valence-corrected chi connectivity index (χ0v) is 23.5. The number of ether oxygens (including phenoxy) is 1. The molecule has 0 spiro atoms. The number of allylic oxidation sites excluding steroid dienone is 1. The van der Waals surface area contributed by atoms with E-state index in [-0.39, 0.29) is 18.2 Å². The summed E-state index contributed by atoms with van der Waals surface area (Å²) < 4.78 is 31.4. The maximum absolute atomic E-state index is 13.7. The summed E-state index contributed by atoms with van der Waals surface area (Å²) in [5.74, 6) is -2.72. The molecule has 0 radical (unpaired) electrons. The number of aromatic nitrogens is 1. The van der Waals surface area contributed by atoms with Crippen LogP contribution in [-0.2, 0) is 29.2 Å². The zero-order chi connectivity index (χ0) is 28.3. The minimum absolute atomic E-state index is 0.0401. The quantitative estimate of drug-likeness (QED) is 0.358. The lowest BCUT2D eigenvalue weighted by molar-refractivity contribution is -0.203. The highest BCUT2D eigenvalue weighted by atomic mass is 32.2. The number of hydroxylamine groups is 1. The molecule has 10 nitrogen and oxygen atoms in total. The predicted molar refractivity (Wildman–Crippen MR) is 149 cm³/mol. The summed E-state index contributed by atoms with van der Waals surface area (Å²) in [6, 6.07) is 14.3. The van der Waals surface area contributed by atoms with E-state index >= 15 is 0 Å². The number of carbonyl (C=O) groups excluding carboxylic acids is 2. The lowest BCUT2D eigenvalue weighted by Gasteiger charge is -2.30. The van der Waals surface area contributed by atoms with Crippen molar-refractivity contribution in [2.45, 2.75) is 52.2 Å². The first-order valence-electron chi connectivity index (χ1n) is 13.2. The summed E-state index contributed by atoms with van der Waals surface area (Å²) in [5.41, 5.74) is 5.96. The SMILES string of the molecule is CC(C)C[C@@H](C(=O)NN(c1ccccn1)S(C)(=O)=O)[C@H](CC=Cc1ccccc1)C(=O)NOC1CCCCO1. The van der Waals surface area contributed by atoms with Gasteiger partial charge in [0.25, 0.3) is 10.0 Å². The van der Waals surface area contributed by atoms with Gasteiger partial charge < -0.3 is 4.74 Å². The molecular formula is C28H38N4O6S. The molecule has 0 saturated carbocycles. The van der Waals surface area contributed by atoms with Gasteiger partial charge in [-0.1, -0.05) is 62.4 Å². The average molecular weight is 559 g/mol. The smallest absolute Gasteiger partial charge is 0.251 e. The molecule has 1 aliphatic heterocycles. The van der Waals surface area contributed by atoms with Gasteiger partial charge >= 0.3 is 0 Å². The number of amides is 2. The molecule has 2 amide bonds. The normalized spacial score (nSPS) is 17.5. The van der Waals surface area contributed by atoms with Crippen LogP contribution in [0.3, 0.4) is 0 Å². The van der Waals surface area contributed by atoms with Crippen LogP contribution in [0, 0.1) is 17.8 Å². The first-order valence-corrected chi connectivity index (χ1v) is 15.0. The number of hydrazine groups is 1. The minimum atomic E-state index is -3.92. The van der Waals surface area contributed by atoms with Crippen LogP contribution < -0.4 is 15.3 Å². The first-order chi connectivity index (χ1) is 18.6. The third kappa shape index (κ3) is 9.76. The Morgan fingerprint density at radius 1 is 1.10 bits per heavy atom. The Bertz CT molecular complexity index is 1190. The molecule has 0 aliphatic carbocycles. The van der Waals surface area contributed by atoms with E-state index in [1.165, 1.54) is 12.3 Å². The summed E-state index contributed by atoms with van der Waals surface area (Å²) in [7, 11) is -3.92. The maximum atomic E-state index is 13.7. The van der Waals surface area contributed by atoms with E-state index in [0.29, 0.717) is 19.4 Å². The Morgan fingerprint density at radius 2 is 1.85 bits per heavy atom. The molecule has 1 aromatic heterocycles. The Morgan fingerprint density at radius 3 is 2.46 bits per heavy atom. The fourth-order valence-corrected chi connectivity index (χ4v) is 5.00. The van der Waals surface area contributed by atoms with E-state index in [4.69, 9.17) is 9.57 Å². The monoisotopic (exact) mass is 558 g/mol. The Balaban J connectivity index is 1.86. The predicted octanol–water partition coefficient (Wildman–Crippen LogP) is 3.84. The standard InChI is InChI=1S/C28H38N4O6S/c1-21(2)20-24(27(33)30-32(39(3,35)36)25-16-7-9-18-29-25)23(15-11-14-22-12-5-4-6-13-22)28(34)31-38-26-17-8-10-19-37-26/h4-7,9,11-14,16,18,21,23-24,26H,8,10,15,17,19-20H2,1-3H3,(H,30,33)(H,31,34)/t23-,24+,26?/m0/s1. The average Bonchev–Trinajstić information content (AvgIpc) is 2.92. The summed E-state index contributed by atoms with van der Waals surface area (Å²) in [6.45, 7) is 4.43. The molecule has 3 atom stereocenters. The van der Waals surface area contributed by atoms with Crippen molar-refractivity contribution in [1.29, 1.82) is 0 Å². The maximum Gasteiger partial charge on any atom is 0.251 e. The van der Waals surface area contributed by atoms with E-state index in [9.17, 15) is 18.0 Å². The summed E-state index contributed by atoms with van der Waals surface area (Å²) >= 11 is 0. The molecular weight excluding hydrogens is 520 g/mol. The van der Waals surface area contributed by atoms with Crippen LogP contribution in [0.25, 0.3) is 6.08 Å². The van der Waals surface area contributed by atoms with Crippen LogP contribution in [-0.4, -0.2) is 44.4 Å². The van der Waals surface area contributed by atoms with Crippen molar-refractivity contribution < 1.29 is 27.6 Å². The zero-order valence-electron chi connectivity index (χ0n) is 22.7. The fourth-order valence-electron chi connectivity index (χ4n) is 4.30. The highest BCUT2D eigenvalue weighted by molar-refractivity contribution is 7.92. The molecule has 1 fully saturated rings. The van der Waals surface area contributed by atoms with Crippen LogP contribution in [0.4, 0.5) is 5.82 Å². The fraction of sp³-hybridized carbons (Fsp3) is 0.464. The van der Waals surface area contributed by atoms with Gasteiger partial charge in [0.1, 0.15) is 0 Å². The molecule has 2 N–H and O–H groups in total. The third-order valence-electron chi connectivity index (χ3n) is 6.21. The number of nitrogens with one attached hydrogen (secondary N) is 2. The number of carbonyl (C=O) groups is 2. The molecule has 1 aromatic carbocycles. The van der Waals surface area contributed by atoms with E-state index in [0.717, 1.165) is 29.1 Å². The van der Waals surface area contributed by atoms with Crippen molar-refractivity contribution in [1.82, 2.24) is 15.9 Å². The molecule has 212 valence electrons. The van der Waals surface area contributed by atoms with Gasteiger partial charge in [-0.2, -0.15) is 4.41 Å². The van der Waals surface area contributed by atoms with Crippen molar-refractivity contribution in [3.05, 3.63) is 66.4 Å². The second kappa shape index (κ2) is 14.8. The molecule has 3 rings (SSSR count). The van der Waals surface area contributed by atoms with E-state index < -0.39 is 40.0 Å². The number of sulfonamides is 1. The molecule has 39 heavy (non-hydrogen) atoms. The van der Waals surface area contributed by atoms with Crippen molar-refractivity contribution in [2.75, 3.05) is 17.3 Å². The number of hydrogen-bond donors (Lipinski definition) is 2. The molecule has 11 heteroatoms. The molecule has 0 bridgehead atoms. The highest BCUT2D eigenvalue weighted by Gasteiger charge is 2.36. The van der Waals surface area contributed by atoms with Gasteiger partial charge in [0.2, 0.25) is 11.8 Å². The van der Waals surface area contributed by atoms with Gasteiger partial charge in [0.05, 0.1) is 18.1 Å². The van der Waals surface area contributed by atoms with Crippen LogP contribution in [0.1, 0.15) is 51.5 Å². The van der Waals surface area contributed by atoms with E-state index in [1.807, 2.05) is 56.3 Å². The van der Waals surface area contributed by atoms with Crippen LogP contribution in [0.15, 0.2) is 60.8 Å². The molecule has 1 unspecified atom stereocenters. The van der Waals surface area contributed by atoms with Gasteiger partial charge in [0, 0.05) is 19.2 Å². The summed E-state index contributed by atoms with van der Waals surface area (Å²) in [4.78, 5) is 36.7. The number of benzene rings is 1. The highest BCUT2D eigenvalue weighted by Crippen LogP contribution is 2.27. The van der Waals surface area contributed by atoms with Crippen LogP contribution in [0.2, 0.25) is 0 Å². The van der Waals surface area contributed by atoms with Gasteiger partial charge in [-0.05, 0) is 49.3 Å². The second-order valence-electron chi connectivity index (χ2n) is 9.96. The number of nitrogens with zero attached hydrogens (tertiary/aromatic N) is 2. The Labute approximate surface area is 230 Å². The lowest BCUT2D eigenvalue weighted by atomic mass is 9.82. The van der Waals surface area contributed by atoms with Gasteiger partial charge in [0.15, 0.2) is 12.1 Å². The molecule has 1 saturated heterocycles. The largest absolute Gasteiger partial charge is 0.350 e. The van der Waals surface area contributed by atoms with Gasteiger partial charge in [-0.25, -0.2) is 23.7 Å². The Kier molecular flexibility index (Phi) is 11.5. The number of pyridine rings is 1. The number of anilines is 1. The molecule has 2 heterocycles. The van der Waals surface area contributed by atoms with Crippen molar-refractivity contribution >= 4 is 33.7 Å². The van der Waals surface area contributed by atoms with Gasteiger partial charge in [-0.15, -0.1) is 0 Å². The van der Waals surface area contributed by atoms with Crippen molar-refractivity contribution in [2.24, 2.45) is 17.8 Å².